The molecule has 1 fully saturated rings. The maximum atomic E-state index is 9.35. The average Bonchev–Trinajstić information content (AvgIpc) is 2.87. The van der Waals surface area contributed by atoms with Gasteiger partial charge in [-0.25, -0.2) is 0 Å². The Labute approximate surface area is 132 Å². The van der Waals surface area contributed by atoms with E-state index >= 15 is 0 Å². The molecule has 1 unspecified atom stereocenters. The third kappa shape index (κ3) is 5.60. The molecule has 0 saturated carbocycles. The van der Waals surface area contributed by atoms with E-state index in [-0.39, 0.29) is 5.54 Å². The molecule has 1 N–H and O–H groups in total. The van der Waals surface area contributed by atoms with Gasteiger partial charge in [0.15, 0.2) is 0 Å². The number of nitrogens with zero attached hydrogens (tertiary/aromatic N) is 2. The van der Waals surface area contributed by atoms with E-state index in [1.807, 2.05) is 6.92 Å². The van der Waals surface area contributed by atoms with Gasteiger partial charge in [-0.15, -0.1) is 0 Å². The van der Waals surface area contributed by atoms with Crippen molar-refractivity contribution in [2.24, 2.45) is 5.41 Å². The van der Waals surface area contributed by atoms with E-state index in [0.717, 1.165) is 12.8 Å². The minimum Gasteiger partial charge on any atom is -0.303 e. The van der Waals surface area contributed by atoms with Gasteiger partial charge in [0.05, 0.1) is 6.07 Å². The zero-order valence-corrected chi connectivity index (χ0v) is 14.8. The van der Waals surface area contributed by atoms with Gasteiger partial charge in [-0.05, 0) is 77.8 Å². The van der Waals surface area contributed by atoms with Crippen LogP contribution in [-0.2, 0) is 0 Å². The molecule has 0 aliphatic carbocycles. The van der Waals surface area contributed by atoms with Gasteiger partial charge in [-0.3, -0.25) is 5.32 Å². The molecule has 0 amide bonds. The summed E-state index contributed by atoms with van der Waals surface area (Å²) < 4.78 is 0. The SMILES string of the molecule is CCC1(CC)CCN(CCCCC(C)(C#N)NC(C)C)C1. The maximum absolute atomic E-state index is 9.35. The molecule has 1 heterocycles. The van der Waals surface area contributed by atoms with Crippen LogP contribution in [0.1, 0.15) is 73.1 Å². The van der Waals surface area contributed by atoms with E-state index in [1.165, 1.54) is 45.3 Å². The van der Waals surface area contributed by atoms with Crippen molar-refractivity contribution in [1.82, 2.24) is 10.2 Å². The third-order valence-electron chi connectivity index (χ3n) is 5.27. The Kier molecular flexibility index (Phi) is 7.16. The zero-order valence-electron chi connectivity index (χ0n) is 14.8. The van der Waals surface area contributed by atoms with Crippen molar-refractivity contribution >= 4 is 0 Å². The molecule has 1 rings (SSSR count). The summed E-state index contributed by atoms with van der Waals surface area (Å²) in [5.41, 5.74) is 0.218. The summed E-state index contributed by atoms with van der Waals surface area (Å²) in [6, 6.07) is 2.81. The Balaban J connectivity index is 2.27. The van der Waals surface area contributed by atoms with Gasteiger partial charge in [0, 0.05) is 12.6 Å². The second kappa shape index (κ2) is 8.15. The van der Waals surface area contributed by atoms with Crippen LogP contribution >= 0.6 is 0 Å². The molecular formula is C18H35N3. The number of hydrogen-bond acceptors (Lipinski definition) is 3. The van der Waals surface area contributed by atoms with Crippen molar-refractivity contribution in [2.45, 2.75) is 84.7 Å². The molecule has 21 heavy (non-hydrogen) atoms. The Bertz CT molecular complexity index is 341. The first-order chi connectivity index (χ1) is 9.88. The number of likely N-dealkylation sites (tertiary alicyclic amines) is 1. The molecule has 1 saturated heterocycles. The Morgan fingerprint density at radius 2 is 1.95 bits per heavy atom. The van der Waals surface area contributed by atoms with E-state index in [9.17, 15) is 5.26 Å². The van der Waals surface area contributed by atoms with Gasteiger partial charge >= 0.3 is 0 Å². The fourth-order valence-corrected chi connectivity index (χ4v) is 3.66. The second-order valence-electron chi connectivity index (χ2n) is 7.43. The van der Waals surface area contributed by atoms with Crippen LogP contribution in [0.25, 0.3) is 0 Å². The van der Waals surface area contributed by atoms with Crippen LogP contribution in [-0.4, -0.2) is 36.1 Å². The third-order valence-corrected chi connectivity index (χ3v) is 5.27. The lowest BCUT2D eigenvalue weighted by molar-refractivity contribution is 0.236. The van der Waals surface area contributed by atoms with Crippen LogP contribution in [0.5, 0.6) is 0 Å². The average molecular weight is 293 g/mol. The predicted molar refractivity (Wildman–Crippen MR) is 90.2 cm³/mol. The van der Waals surface area contributed by atoms with Crippen molar-refractivity contribution < 1.29 is 0 Å². The molecule has 0 spiro atoms. The molecule has 0 aromatic heterocycles. The van der Waals surface area contributed by atoms with Crippen LogP contribution < -0.4 is 5.32 Å². The molecule has 3 heteroatoms. The van der Waals surface area contributed by atoms with Crippen molar-refractivity contribution in [3.05, 3.63) is 0 Å². The summed E-state index contributed by atoms with van der Waals surface area (Å²) in [4.78, 5) is 2.63. The quantitative estimate of drug-likeness (QED) is 0.654. The largest absolute Gasteiger partial charge is 0.303 e. The van der Waals surface area contributed by atoms with E-state index in [1.54, 1.807) is 0 Å². The molecule has 1 aliphatic rings. The number of unbranched alkanes of at least 4 members (excludes halogenated alkanes) is 1. The fraction of sp³-hybridized carbons (Fsp3) is 0.944. The van der Waals surface area contributed by atoms with Gasteiger partial charge in [-0.1, -0.05) is 13.8 Å². The number of rotatable bonds is 9. The molecule has 1 aliphatic heterocycles. The first-order valence-corrected chi connectivity index (χ1v) is 8.80. The lowest BCUT2D eigenvalue weighted by atomic mass is 9.82. The summed E-state index contributed by atoms with van der Waals surface area (Å²) in [5.74, 6) is 0. The standard InChI is InChI=1S/C18H35N3/c1-6-18(7-2)11-13-21(15-18)12-9-8-10-17(5,14-19)20-16(3)4/h16,20H,6-13,15H2,1-5H3. The summed E-state index contributed by atoms with van der Waals surface area (Å²) in [5, 5.41) is 12.7. The molecule has 0 aromatic carbocycles. The zero-order chi connectivity index (χ0) is 15.9. The second-order valence-corrected chi connectivity index (χ2v) is 7.43. The Hall–Kier alpha value is -0.590. The molecular weight excluding hydrogens is 258 g/mol. The fourth-order valence-electron chi connectivity index (χ4n) is 3.66. The van der Waals surface area contributed by atoms with E-state index < -0.39 is 0 Å². The lowest BCUT2D eigenvalue weighted by Crippen LogP contribution is -2.45. The van der Waals surface area contributed by atoms with Crippen LogP contribution in [0.15, 0.2) is 0 Å². The molecule has 3 nitrogen and oxygen atoms in total. The first-order valence-electron chi connectivity index (χ1n) is 8.80. The number of hydrogen-bond donors (Lipinski definition) is 1. The van der Waals surface area contributed by atoms with E-state index in [2.05, 4.69) is 44.0 Å². The summed E-state index contributed by atoms with van der Waals surface area (Å²) in [7, 11) is 0. The summed E-state index contributed by atoms with van der Waals surface area (Å²) in [6.45, 7) is 14.7. The normalized spacial score (nSPS) is 21.4. The topological polar surface area (TPSA) is 39.1 Å². The van der Waals surface area contributed by atoms with Crippen molar-refractivity contribution in [3.63, 3.8) is 0 Å². The molecule has 0 aromatic rings. The highest BCUT2D eigenvalue weighted by molar-refractivity contribution is 5.04. The van der Waals surface area contributed by atoms with E-state index in [4.69, 9.17) is 0 Å². The monoisotopic (exact) mass is 293 g/mol. The van der Waals surface area contributed by atoms with Gasteiger partial charge in [0.25, 0.3) is 0 Å². The molecule has 0 bridgehead atoms. The lowest BCUT2D eigenvalue weighted by Gasteiger charge is -2.27. The van der Waals surface area contributed by atoms with Crippen LogP contribution in [0.4, 0.5) is 0 Å². The maximum Gasteiger partial charge on any atom is 0.104 e. The molecule has 1 atom stereocenters. The van der Waals surface area contributed by atoms with Crippen molar-refractivity contribution in [2.75, 3.05) is 19.6 Å². The molecule has 122 valence electrons. The van der Waals surface area contributed by atoms with E-state index in [0.29, 0.717) is 11.5 Å². The van der Waals surface area contributed by atoms with Crippen molar-refractivity contribution in [3.8, 4) is 6.07 Å². The number of nitrogens with one attached hydrogen (secondary N) is 1. The van der Waals surface area contributed by atoms with Gasteiger partial charge in [0.1, 0.15) is 5.54 Å². The number of nitriles is 1. The Morgan fingerprint density at radius 3 is 2.43 bits per heavy atom. The van der Waals surface area contributed by atoms with Crippen molar-refractivity contribution in [1.29, 1.82) is 5.26 Å². The van der Waals surface area contributed by atoms with Gasteiger partial charge < -0.3 is 4.90 Å². The minimum absolute atomic E-state index is 0.364. The Morgan fingerprint density at radius 1 is 1.29 bits per heavy atom. The van der Waals surface area contributed by atoms with Crippen LogP contribution in [0, 0.1) is 16.7 Å². The minimum atomic E-state index is -0.365. The van der Waals surface area contributed by atoms with Gasteiger partial charge in [-0.2, -0.15) is 5.26 Å². The highest BCUT2D eigenvalue weighted by atomic mass is 15.2. The molecule has 0 radical (unpaired) electrons. The smallest absolute Gasteiger partial charge is 0.104 e. The highest BCUT2D eigenvalue weighted by Gasteiger charge is 2.34. The van der Waals surface area contributed by atoms with Gasteiger partial charge in [0.2, 0.25) is 0 Å². The summed E-state index contributed by atoms with van der Waals surface area (Å²) >= 11 is 0. The van der Waals surface area contributed by atoms with Crippen LogP contribution in [0.3, 0.4) is 0 Å². The highest BCUT2D eigenvalue weighted by Crippen LogP contribution is 2.36. The van der Waals surface area contributed by atoms with Crippen LogP contribution in [0.2, 0.25) is 0 Å². The first kappa shape index (κ1) is 18.5. The summed E-state index contributed by atoms with van der Waals surface area (Å²) in [6.07, 6.45) is 7.27. The predicted octanol–water partition coefficient (Wildman–Crippen LogP) is 3.95.